The van der Waals surface area contributed by atoms with Gasteiger partial charge in [0, 0.05) is 10.9 Å². The van der Waals surface area contributed by atoms with Crippen LogP contribution in [0.15, 0.2) is 32.5 Å². The van der Waals surface area contributed by atoms with E-state index in [0.717, 1.165) is 28.0 Å². The second kappa shape index (κ2) is 4.35. The topological polar surface area (TPSA) is 89.6 Å². The van der Waals surface area contributed by atoms with E-state index in [1.54, 1.807) is 21.4 Å². The summed E-state index contributed by atoms with van der Waals surface area (Å²) in [7, 11) is 0. The third kappa shape index (κ3) is 1.83. The molecule has 4 rings (SSSR count). The number of nitrogens with two attached hydrogens (primary N) is 1. The third-order valence-corrected chi connectivity index (χ3v) is 5.13. The molecule has 1 aliphatic carbocycles. The molecule has 0 saturated heterocycles. The van der Waals surface area contributed by atoms with Crippen molar-refractivity contribution in [2.24, 2.45) is 0 Å². The van der Waals surface area contributed by atoms with Gasteiger partial charge in [-0.3, -0.25) is 4.57 Å². The third-order valence-electron chi connectivity index (χ3n) is 3.29. The second-order valence-corrected chi connectivity index (χ2v) is 6.59. The Morgan fingerprint density at radius 3 is 3.10 bits per heavy atom. The average molecular weight is 305 g/mol. The Bertz CT molecular complexity index is 845. The van der Waals surface area contributed by atoms with Crippen LogP contribution in [0.3, 0.4) is 0 Å². The summed E-state index contributed by atoms with van der Waals surface area (Å²) in [5.74, 6) is 0. The number of benzene rings is 1. The van der Waals surface area contributed by atoms with Crippen molar-refractivity contribution in [1.82, 2.24) is 19.7 Å². The monoisotopic (exact) mass is 305 g/mol. The smallest absolute Gasteiger partial charge is 0.344 e. The Morgan fingerprint density at radius 2 is 2.30 bits per heavy atom. The molecule has 0 spiro atoms. The van der Waals surface area contributed by atoms with E-state index < -0.39 is 0 Å². The molecule has 1 saturated carbocycles. The standard InChI is InChI=1S/C12H11N5OS2/c13-9-7(3-4-8-10(9)14-5-19-8)20-12-16-15-11(18)17(12)6-1-2-6/h3-6H,1-2,13H2,(H,15,18). The van der Waals surface area contributed by atoms with E-state index in [0.29, 0.717) is 10.8 Å². The zero-order valence-corrected chi connectivity index (χ0v) is 12.0. The number of aromatic amines is 1. The molecule has 0 radical (unpaired) electrons. The highest BCUT2D eigenvalue weighted by atomic mass is 32.2. The van der Waals surface area contributed by atoms with Crippen LogP contribution < -0.4 is 11.4 Å². The summed E-state index contributed by atoms with van der Waals surface area (Å²) in [6, 6.07) is 4.24. The van der Waals surface area contributed by atoms with Gasteiger partial charge >= 0.3 is 5.69 Å². The van der Waals surface area contributed by atoms with Crippen molar-refractivity contribution in [3.8, 4) is 0 Å². The highest BCUT2D eigenvalue weighted by molar-refractivity contribution is 7.99. The number of hydrogen-bond acceptors (Lipinski definition) is 6. The minimum Gasteiger partial charge on any atom is -0.396 e. The highest BCUT2D eigenvalue weighted by Gasteiger charge is 2.29. The molecular weight excluding hydrogens is 294 g/mol. The fourth-order valence-corrected chi connectivity index (χ4v) is 3.79. The Balaban J connectivity index is 1.77. The van der Waals surface area contributed by atoms with Gasteiger partial charge in [0.25, 0.3) is 0 Å². The summed E-state index contributed by atoms with van der Waals surface area (Å²) in [5.41, 5.74) is 9.25. The molecule has 0 aliphatic heterocycles. The van der Waals surface area contributed by atoms with E-state index in [1.165, 1.54) is 11.8 Å². The van der Waals surface area contributed by atoms with Crippen LogP contribution >= 0.6 is 23.1 Å². The molecule has 102 valence electrons. The Kier molecular flexibility index (Phi) is 2.61. The van der Waals surface area contributed by atoms with Crippen molar-refractivity contribution < 1.29 is 0 Å². The number of anilines is 1. The fraction of sp³-hybridized carbons (Fsp3) is 0.250. The molecule has 0 atom stereocenters. The molecule has 2 heterocycles. The van der Waals surface area contributed by atoms with E-state index in [2.05, 4.69) is 15.2 Å². The summed E-state index contributed by atoms with van der Waals surface area (Å²) >= 11 is 2.97. The molecular formula is C12H11N5OS2. The number of nitrogens with one attached hydrogen (secondary N) is 1. The van der Waals surface area contributed by atoms with E-state index in [4.69, 9.17) is 5.73 Å². The molecule has 1 aromatic carbocycles. The van der Waals surface area contributed by atoms with E-state index in [1.807, 2.05) is 12.1 Å². The number of nitrogens with zero attached hydrogens (tertiary/aromatic N) is 3. The predicted molar refractivity (Wildman–Crippen MR) is 79.3 cm³/mol. The summed E-state index contributed by atoms with van der Waals surface area (Å²) in [5, 5.41) is 7.27. The predicted octanol–water partition coefficient (Wildman–Crippen LogP) is 2.25. The zero-order chi connectivity index (χ0) is 13.7. The van der Waals surface area contributed by atoms with Crippen molar-refractivity contribution in [2.75, 3.05) is 5.73 Å². The number of H-pyrrole nitrogens is 1. The molecule has 8 heteroatoms. The van der Waals surface area contributed by atoms with Crippen LogP contribution in [0.5, 0.6) is 0 Å². The number of thiazole rings is 1. The number of rotatable bonds is 3. The molecule has 1 fully saturated rings. The van der Waals surface area contributed by atoms with Crippen LogP contribution in [0.2, 0.25) is 0 Å². The molecule has 6 nitrogen and oxygen atoms in total. The van der Waals surface area contributed by atoms with Gasteiger partial charge in [0.05, 0.1) is 15.9 Å². The van der Waals surface area contributed by atoms with Crippen LogP contribution in [0, 0.1) is 0 Å². The maximum atomic E-state index is 11.8. The minimum absolute atomic E-state index is 0.150. The SMILES string of the molecule is Nc1c(Sc2n[nH]c(=O)n2C2CC2)ccc2scnc12. The average Bonchev–Trinajstić information content (AvgIpc) is 3.03. The van der Waals surface area contributed by atoms with Gasteiger partial charge in [-0.25, -0.2) is 14.9 Å². The lowest BCUT2D eigenvalue weighted by Crippen LogP contribution is -2.16. The van der Waals surface area contributed by atoms with Crippen molar-refractivity contribution >= 4 is 39.0 Å². The fourth-order valence-electron chi connectivity index (χ4n) is 2.14. The number of aromatic nitrogens is 4. The minimum atomic E-state index is -0.150. The number of nitrogen functional groups attached to an aromatic ring is 1. The number of fused-ring (bicyclic) bond motifs is 1. The molecule has 0 bridgehead atoms. The Morgan fingerprint density at radius 1 is 1.45 bits per heavy atom. The zero-order valence-electron chi connectivity index (χ0n) is 10.4. The van der Waals surface area contributed by atoms with Gasteiger partial charge in [-0.05, 0) is 36.7 Å². The molecule has 20 heavy (non-hydrogen) atoms. The summed E-state index contributed by atoms with van der Waals surface area (Å²) < 4.78 is 2.78. The van der Waals surface area contributed by atoms with Gasteiger partial charge in [0.2, 0.25) is 0 Å². The normalized spacial score (nSPS) is 15.0. The lowest BCUT2D eigenvalue weighted by atomic mass is 10.3. The molecule has 2 aromatic heterocycles. The first-order valence-corrected chi connectivity index (χ1v) is 7.90. The van der Waals surface area contributed by atoms with Crippen LogP contribution in [0.4, 0.5) is 5.69 Å². The maximum Gasteiger partial charge on any atom is 0.344 e. The summed E-state index contributed by atoms with van der Waals surface area (Å²) in [6.07, 6.45) is 2.07. The van der Waals surface area contributed by atoms with Crippen LogP contribution in [-0.4, -0.2) is 19.7 Å². The largest absolute Gasteiger partial charge is 0.396 e. The summed E-state index contributed by atoms with van der Waals surface area (Å²) in [6.45, 7) is 0. The Hall–Kier alpha value is -1.80. The van der Waals surface area contributed by atoms with Gasteiger partial charge in [-0.15, -0.1) is 16.4 Å². The lowest BCUT2D eigenvalue weighted by Gasteiger charge is -2.06. The first-order valence-electron chi connectivity index (χ1n) is 6.20. The van der Waals surface area contributed by atoms with E-state index in [-0.39, 0.29) is 11.7 Å². The quantitative estimate of drug-likeness (QED) is 0.724. The van der Waals surface area contributed by atoms with Crippen LogP contribution in [0.1, 0.15) is 18.9 Å². The Labute approximate surface area is 122 Å². The molecule has 3 aromatic rings. The van der Waals surface area contributed by atoms with E-state index in [9.17, 15) is 4.79 Å². The van der Waals surface area contributed by atoms with Crippen LogP contribution in [0.25, 0.3) is 10.2 Å². The van der Waals surface area contributed by atoms with Gasteiger partial charge in [0.1, 0.15) is 5.52 Å². The second-order valence-electron chi connectivity index (χ2n) is 4.69. The highest BCUT2D eigenvalue weighted by Crippen LogP contribution is 2.40. The van der Waals surface area contributed by atoms with Gasteiger partial charge in [-0.1, -0.05) is 0 Å². The lowest BCUT2D eigenvalue weighted by molar-refractivity contribution is 0.642. The van der Waals surface area contributed by atoms with Crippen molar-refractivity contribution in [3.05, 3.63) is 28.1 Å². The first-order chi connectivity index (χ1) is 9.74. The van der Waals surface area contributed by atoms with Gasteiger partial charge < -0.3 is 5.73 Å². The molecule has 1 aliphatic rings. The molecule has 0 amide bonds. The van der Waals surface area contributed by atoms with Crippen molar-refractivity contribution in [2.45, 2.75) is 28.9 Å². The van der Waals surface area contributed by atoms with E-state index >= 15 is 0 Å². The first kappa shape index (κ1) is 12.0. The summed E-state index contributed by atoms with van der Waals surface area (Å²) in [4.78, 5) is 16.9. The van der Waals surface area contributed by atoms with Crippen molar-refractivity contribution in [1.29, 1.82) is 0 Å². The maximum absolute atomic E-state index is 11.8. The number of hydrogen-bond donors (Lipinski definition) is 2. The van der Waals surface area contributed by atoms with Gasteiger partial charge in [-0.2, -0.15) is 0 Å². The van der Waals surface area contributed by atoms with Crippen LogP contribution in [-0.2, 0) is 0 Å². The molecule has 3 N–H and O–H groups in total. The van der Waals surface area contributed by atoms with Gasteiger partial charge in [0.15, 0.2) is 5.16 Å². The van der Waals surface area contributed by atoms with Crippen molar-refractivity contribution in [3.63, 3.8) is 0 Å². The molecule has 0 unspecified atom stereocenters.